The van der Waals surface area contributed by atoms with Gasteiger partial charge in [-0.25, -0.2) is 9.37 Å². The monoisotopic (exact) mass is 514 g/mol. The number of benzene rings is 1. The molecule has 37 heavy (non-hydrogen) atoms. The maximum absolute atomic E-state index is 14.6. The number of hydrogen-bond donors (Lipinski definition) is 2. The van der Waals surface area contributed by atoms with Crippen molar-refractivity contribution in [3.05, 3.63) is 30.2 Å². The molecule has 0 saturated carbocycles. The van der Waals surface area contributed by atoms with E-state index in [4.69, 9.17) is 4.74 Å². The van der Waals surface area contributed by atoms with Gasteiger partial charge in [-0.05, 0) is 77.1 Å². The molecule has 0 spiro atoms. The van der Waals surface area contributed by atoms with Gasteiger partial charge in [0.2, 0.25) is 5.95 Å². The smallest absolute Gasteiger partial charge is 0.270 e. The Labute approximate surface area is 216 Å². The minimum Gasteiger partial charge on any atom is -0.476 e. The van der Waals surface area contributed by atoms with E-state index < -0.39 is 18.1 Å². The first-order chi connectivity index (χ1) is 17.9. The van der Waals surface area contributed by atoms with Gasteiger partial charge in [-0.2, -0.15) is 4.98 Å². The zero-order chi connectivity index (χ0) is 26.0. The molecule has 0 radical (unpaired) electrons. The number of hydrogen-bond acceptors (Lipinski definition) is 7. The summed E-state index contributed by atoms with van der Waals surface area (Å²) < 4.78 is 33.4. The van der Waals surface area contributed by atoms with Crippen LogP contribution in [-0.2, 0) is 4.79 Å². The van der Waals surface area contributed by atoms with Crippen molar-refractivity contribution in [3.63, 3.8) is 0 Å². The van der Waals surface area contributed by atoms with Crippen LogP contribution in [-0.4, -0.2) is 65.3 Å². The van der Waals surface area contributed by atoms with Gasteiger partial charge in [-0.1, -0.05) is 6.42 Å². The highest BCUT2D eigenvalue weighted by molar-refractivity contribution is 6.02. The van der Waals surface area contributed by atoms with E-state index in [0.29, 0.717) is 35.6 Å². The number of fused-ring (bicyclic) bond motifs is 2. The second-order valence-corrected chi connectivity index (χ2v) is 10.7. The molecule has 4 heterocycles. The maximum Gasteiger partial charge on any atom is 0.270 e. The summed E-state index contributed by atoms with van der Waals surface area (Å²) in [4.78, 5) is 25.5. The number of alkyl halides is 1. The summed E-state index contributed by atoms with van der Waals surface area (Å²) in [6.45, 7) is 6.18. The number of amides is 1. The maximum atomic E-state index is 14.6. The van der Waals surface area contributed by atoms with Crippen LogP contribution in [0.5, 0.6) is 5.75 Å². The fraction of sp³-hybridized carbons (Fsp3) is 0.593. The Hall–Kier alpha value is -3.01. The Balaban J connectivity index is 1.29. The number of nitrogens with zero attached hydrogens (tertiary/aromatic N) is 4. The fourth-order valence-corrected chi connectivity index (χ4v) is 5.81. The van der Waals surface area contributed by atoms with Crippen LogP contribution in [0, 0.1) is 11.7 Å². The molecular formula is C27H36F2N6O2. The molecule has 1 aromatic heterocycles. The number of carbonyl (C=O) groups excluding carboxylic acids is 1. The van der Waals surface area contributed by atoms with Gasteiger partial charge < -0.3 is 25.2 Å². The lowest BCUT2D eigenvalue weighted by Crippen LogP contribution is -2.52. The Bertz CT molecular complexity index is 1130. The van der Waals surface area contributed by atoms with Gasteiger partial charge >= 0.3 is 0 Å². The standard InChI is InChI=1S/C27H36F2N6O2/c1-27(2)25(36)35(14-6-11-28)22-10-9-19(15-23(22)37-27)32-26-31-17-20(29)24(33-26)30-16-18-7-5-13-34-12-4-3-8-21(18)34/h9-10,15,17-18,21H,3-8,11-14,16H2,1-2H3,(H2,30,31,32,33). The summed E-state index contributed by atoms with van der Waals surface area (Å²) in [6.07, 6.45) is 7.47. The molecule has 2 fully saturated rings. The second kappa shape index (κ2) is 10.8. The van der Waals surface area contributed by atoms with E-state index >= 15 is 0 Å². The Kier molecular flexibility index (Phi) is 7.46. The van der Waals surface area contributed by atoms with Crippen LogP contribution < -0.4 is 20.3 Å². The minimum absolute atomic E-state index is 0.184. The van der Waals surface area contributed by atoms with Crippen LogP contribution in [0.3, 0.4) is 0 Å². The summed E-state index contributed by atoms with van der Waals surface area (Å²) in [6, 6.07) is 5.85. The lowest BCUT2D eigenvalue weighted by Gasteiger charge is -2.44. The van der Waals surface area contributed by atoms with Gasteiger partial charge in [0.25, 0.3) is 5.91 Å². The number of carbonyl (C=O) groups is 1. The van der Waals surface area contributed by atoms with E-state index in [-0.39, 0.29) is 30.6 Å². The van der Waals surface area contributed by atoms with E-state index in [9.17, 15) is 13.6 Å². The predicted octanol–water partition coefficient (Wildman–Crippen LogP) is 4.90. The predicted molar refractivity (Wildman–Crippen MR) is 140 cm³/mol. The van der Waals surface area contributed by atoms with Gasteiger partial charge in [0, 0.05) is 30.9 Å². The molecule has 200 valence electrons. The molecule has 2 aromatic rings. The molecule has 2 saturated heterocycles. The molecular weight excluding hydrogens is 478 g/mol. The molecule has 1 aromatic carbocycles. The first-order valence-corrected chi connectivity index (χ1v) is 13.3. The van der Waals surface area contributed by atoms with Gasteiger partial charge in [0.15, 0.2) is 17.2 Å². The van der Waals surface area contributed by atoms with E-state index in [0.717, 1.165) is 6.42 Å². The topological polar surface area (TPSA) is 82.6 Å². The molecule has 8 nitrogen and oxygen atoms in total. The molecule has 10 heteroatoms. The summed E-state index contributed by atoms with van der Waals surface area (Å²) >= 11 is 0. The average molecular weight is 515 g/mol. The van der Waals surface area contributed by atoms with Crippen molar-refractivity contribution in [1.29, 1.82) is 0 Å². The molecule has 2 unspecified atom stereocenters. The molecule has 2 N–H and O–H groups in total. The quantitative estimate of drug-likeness (QED) is 0.519. The first-order valence-electron chi connectivity index (χ1n) is 13.3. The Morgan fingerprint density at radius 1 is 1.19 bits per heavy atom. The summed E-state index contributed by atoms with van der Waals surface area (Å²) in [5.74, 6) is 0.726. The third-order valence-corrected chi connectivity index (χ3v) is 7.65. The third-order valence-electron chi connectivity index (χ3n) is 7.65. The number of ether oxygens (including phenoxy) is 1. The second-order valence-electron chi connectivity index (χ2n) is 10.7. The fourth-order valence-electron chi connectivity index (χ4n) is 5.81. The SMILES string of the molecule is CC1(C)Oc2cc(Nc3ncc(F)c(NCC4CCCN5CCCCC45)n3)ccc2N(CCCF)C1=O. The van der Waals surface area contributed by atoms with E-state index in [1.165, 1.54) is 45.0 Å². The molecule has 0 bridgehead atoms. The summed E-state index contributed by atoms with van der Waals surface area (Å²) in [5.41, 5.74) is 0.158. The summed E-state index contributed by atoms with van der Waals surface area (Å²) in [7, 11) is 0. The molecule has 3 aliphatic heterocycles. The van der Waals surface area contributed by atoms with E-state index in [1.807, 2.05) is 0 Å². The van der Waals surface area contributed by atoms with Crippen molar-refractivity contribution in [3.8, 4) is 5.75 Å². The van der Waals surface area contributed by atoms with Crippen molar-refractivity contribution in [2.24, 2.45) is 5.92 Å². The lowest BCUT2D eigenvalue weighted by atomic mass is 9.83. The van der Waals surface area contributed by atoms with E-state index in [2.05, 4.69) is 25.5 Å². The van der Waals surface area contributed by atoms with Gasteiger partial charge in [-0.3, -0.25) is 9.18 Å². The van der Waals surface area contributed by atoms with Crippen molar-refractivity contribution >= 4 is 29.0 Å². The van der Waals surface area contributed by atoms with Crippen molar-refractivity contribution in [2.45, 2.75) is 64.0 Å². The largest absolute Gasteiger partial charge is 0.476 e. The number of aromatic nitrogens is 2. The van der Waals surface area contributed by atoms with Gasteiger partial charge in [-0.15, -0.1) is 0 Å². The van der Waals surface area contributed by atoms with E-state index in [1.54, 1.807) is 36.9 Å². The highest BCUT2D eigenvalue weighted by atomic mass is 19.1. The average Bonchev–Trinajstić information content (AvgIpc) is 2.89. The van der Waals surface area contributed by atoms with Crippen molar-refractivity contribution < 1.29 is 18.3 Å². The van der Waals surface area contributed by atoms with Crippen LogP contribution in [0.15, 0.2) is 24.4 Å². The van der Waals surface area contributed by atoms with Crippen LogP contribution in [0.2, 0.25) is 0 Å². The molecule has 2 atom stereocenters. The zero-order valence-electron chi connectivity index (χ0n) is 21.6. The van der Waals surface area contributed by atoms with Gasteiger partial charge in [0.05, 0.1) is 18.6 Å². The van der Waals surface area contributed by atoms with Gasteiger partial charge in [0.1, 0.15) is 5.75 Å². The molecule has 1 amide bonds. The first kappa shape index (κ1) is 25.6. The van der Waals surface area contributed by atoms with Crippen molar-refractivity contribution in [1.82, 2.24) is 14.9 Å². The molecule has 5 rings (SSSR count). The Morgan fingerprint density at radius 3 is 2.86 bits per heavy atom. The van der Waals surface area contributed by atoms with Crippen LogP contribution >= 0.6 is 0 Å². The zero-order valence-corrected chi connectivity index (χ0v) is 21.6. The number of anilines is 4. The number of halogens is 2. The Morgan fingerprint density at radius 2 is 2.03 bits per heavy atom. The lowest BCUT2D eigenvalue weighted by molar-refractivity contribution is -0.132. The molecule has 3 aliphatic rings. The highest BCUT2D eigenvalue weighted by Gasteiger charge is 2.40. The molecule has 0 aliphatic carbocycles. The number of nitrogens with one attached hydrogen (secondary N) is 2. The van der Waals surface area contributed by atoms with Crippen LogP contribution in [0.25, 0.3) is 0 Å². The third kappa shape index (κ3) is 5.49. The minimum atomic E-state index is -1.07. The number of piperidine rings is 2. The van der Waals surface area contributed by atoms with Crippen LogP contribution in [0.1, 0.15) is 52.4 Å². The van der Waals surface area contributed by atoms with Crippen molar-refractivity contribution in [2.75, 3.05) is 48.4 Å². The highest BCUT2D eigenvalue weighted by Crippen LogP contribution is 2.40. The normalized spacial score (nSPS) is 23.1. The number of rotatable bonds is 8. The van der Waals surface area contributed by atoms with Crippen LogP contribution in [0.4, 0.5) is 31.9 Å². The summed E-state index contributed by atoms with van der Waals surface area (Å²) in [5, 5.41) is 6.36.